The molecule has 1 aromatic rings. The van der Waals surface area contributed by atoms with Crippen molar-refractivity contribution in [3.8, 4) is 0 Å². The van der Waals surface area contributed by atoms with Crippen LogP contribution in [0.25, 0.3) is 0 Å². The summed E-state index contributed by atoms with van der Waals surface area (Å²) in [4.78, 5) is 10.8. The number of likely N-dealkylation sites (N-methyl/N-ethyl adjacent to an activating group) is 1. The highest BCUT2D eigenvalue weighted by Gasteiger charge is 2.10. The van der Waals surface area contributed by atoms with Gasteiger partial charge in [-0.15, -0.1) is 0 Å². The Morgan fingerprint density at radius 3 is 2.75 bits per heavy atom. The van der Waals surface area contributed by atoms with Crippen molar-refractivity contribution >= 4 is 11.6 Å². The number of rotatable bonds is 9. The molecular formula is C14H26N4O2. The summed E-state index contributed by atoms with van der Waals surface area (Å²) < 4.78 is 5.37. The van der Waals surface area contributed by atoms with Gasteiger partial charge in [-0.1, -0.05) is 6.92 Å². The van der Waals surface area contributed by atoms with Gasteiger partial charge in [-0.05, 0) is 20.3 Å². The molecule has 0 bridgehead atoms. The molecule has 0 aliphatic heterocycles. The Morgan fingerprint density at radius 2 is 2.15 bits per heavy atom. The first kappa shape index (κ1) is 16.7. The number of aliphatic hydroxyl groups excluding tert-OH is 1. The van der Waals surface area contributed by atoms with Crippen LogP contribution in [-0.2, 0) is 11.3 Å². The summed E-state index contributed by atoms with van der Waals surface area (Å²) in [7, 11) is 1.91. The first-order valence-electron chi connectivity index (χ1n) is 7.15. The maximum absolute atomic E-state index is 9.48. The molecule has 2 N–H and O–H groups in total. The lowest BCUT2D eigenvalue weighted by Gasteiger charge is -2.21. The molecule has 6 heteroatoms. The molecule has 20 heavy (non-hydrogen) atoms. The lowest BCUT2D eigenvalue weighted by Crippen LogP contribution is -2.28. The lowest BCUT2D eigenvalue weighted by molar-refractivity contribution is 0.128. The first-order chi connectivity index (χ1) is 9.56. The fourth-order valence-corrected chi connectivity index (χ4v) is 1.77. The summed E-state index contributed by atoms with van der Waals surface area (Å²) in [6, 6.07) is 1.90. The van der Waals surface area contributed by atoms with Gasteiger partial charge in [-0.25, -0.2) is 9.97 Å². The summed E-state index contributed by atoms with van der Waals surface area (Å²) in [6.07, 6.45) is 0.626. The van der Waals surface area contributed by atoms with E-state index in [0.717, 1.165) is 24.6 Å². The Balaban J connectivity index is 2.89. The van der Waals surface area contributed by atoms with Crippen molar-refractivity contribution < 1.29 is 9.84 Å². The molecule has 0 aliphatic carbocycles. The third-order valence-corrected chi connectivity index (χ3v) is 2.68. The lowest BCUT2D eigenvalue weighted by atomic mass is 10.3. The summed E-state index contributed by atoms with van der Waals surface area (Å²) in [5, 5.41) is 12.7. The van der Waals surface area contributed by atoms with E-state index in [1.54, 1.807) is 6.92 Å². The normalized spacial score (nSPS) is 12.2. The van der Waals surface area contributed by atoms with Gasteiger partial charge in [0.15, 0.2) is 5.82 Å². The molecule has 0 saturated carbocycles. The summed E-state index contributed by atoms with van der Waals surface area (Å²) in [6.45, 7) is 8.23. The zero-order chi connectivity index (χ0) is 15.0. The van der Waals surface area contributed by atoms with E-state index in [2.05, 4.69) is 22.2 Å². The standard InChI is InChI=1S/C14H26N4O2/c1-5-7-15-12-8-14(18(4)9-11(3)19)17-13(16-12)10-20-6-2/h8,11,19H,5-7,9-10H2,1-4H3,(H,15,16,17). The van der Waals surface area contributed by atoms with E-state index in [1.165, 1.54) is 0 Å². The van der Waals surface area contributed by atoms with E-state index < -0.39 is 6.10 Å². The smallest absolute Gasteiger partial charge is 0.158 e. The van der Waals surface area contributed by atoms with Crippen LogP contribution >= 0.6 is 0 Å². The number of aliphatic hydroxyl groups is 1. The molecule has 0 aromatic carbocycles. The molecule has 0 aliphatic rings. The molecule has 1 atom stereocenters. The Kier molecular flexibility index (Phi) is 7.25. The minimum Gasteiger partial charge on any atom is -0.392 e. The van der Waals surface area contributed by atoms with Gasteiger partial charge in [0.25, 0.3) is 0 Å². The van der Waals surface area contributed by atoms with E-state index in [0.29, 0.717) is 25.6 Å². The molecule has 0 saturated heterocycles. The monoisotopic (exact) mass is 282 g/mol. The highest BCUT2D eigenvalue weighted by atomic mass is 16.5. The average Bonchev–Trinajstić information content (AvgIpc) is 2.42. The average molecular weight is 282 g/mol. The second-order valence-corrected chi connectivity index (χ2v) is 4.82. The van der Waals surface area contributed by atoms with Crippen molar-refractivity contribution in [3.63, 3.8) is 0 Å². The maximum atomic E-state index is 9.48. The molecule has 1 rings (SSSR count). The largest absolute Gasteiger partial charge is 0.392 e. The maximum Gasteiger partial charge on any atom is 0.158 e. The van der Waals surface area contributed by atoms with Crippen LogP contribution in [0.5, 0.6) is 0 Å². The highest BCUT2D eigenvalue weighted by molar-refractivity contribution is 5.49. The molecule has 1 heterocycles. The van der Waals surface area contributed by atoms with Crippen LogP contribution in [0.2, 0.25) is 0 Å². The first-order valence-corrected chi connectivity index (χ1v) is 7.15. The molecule has 6 nitrogen and oxygen atoms in total. The van der Waals surface area contributed by atoms with Crippen molar-refractivity contribution in [1.82, 2.24) is 9.97 Å². The Morgan fingerprint density at radius 1 is 1.40 bits per heavy atom. The minimum absolute atomic E-state index is 0.396. The SMILES string of the molecule is CCCNc1cc(N(C)CC(C)O)nc(COCC)n1. The predicted octanol–water partition coefficient (Wildman–Crippen LogP) is 1.65. The highest BCUT2D eigenvalue weighted by Crippen LogP contribution is 2.16. The second kappa shape index (κ2) is 8.71. The molecule has 1 unspecified atom stereocenters. The van der Waals surface area contributed by atoms with Gasteiger partial charge in [0, 0.05) is 32.8 Å². The van der Waals surface area contributed by atoms with E-state index in [1.807, 2.05) is 24.9 Å². The van der Waals surface area contributed by atoms with Gasteiger partial charge < -0.3 is 20.1 Å². The van der Waals surface area contributed by atoms with Crippen LogP contribution in [-0.4, -0.2) is 47.9 Å². The van der Waals surface area contributed by atoms with Crippen molar-refractivity contribution in [1.29, 1.82) is 0 Å². The summed E-state index contributed by atoms with van der Waals surface area (Å²) in [5.74, 6) is 2.23. The van der Waals surface area contributed by atoms with Gasteiger partial charge in [-0.3, -0.25) is 0 Å². The van der Waals surface area contributed by atoms with Gasteiger partial charge >= 0.3 is 0 Å². The van der Waals surface area contributed by atoms with E-state index in [9.17, 15) is 5.11 Å². The minimum atomic E-state index is -0.405. The number of hydrogen-bond acceptors (Lipinski definition) is 6. The number of nitrogens with one attached hydrogen (secondary N) is 1. The van der Waals surface area contributed by atoms with E-state index >= 15 is 0 Å². The van der Waals surface area contributed by atoms with Crippen molar-refractivity contribution in [2.75, 3.05) is 37.0 Å². The van der Waals surface area contributed by atoms with Crippen LogP contribution < -0.4 is 10.2 Å². The third kappa shape index (κ3) is 5.71. The predicted molar refractivity (Wildman–Crippen MR) is 81.1 cm³/mol. The van der Waals surface area contributed by atoms with Crippen LogP contribution in [0.1, 0.15) is 33.0 Å². The molecule has 0 fully saturated rings. The molecule has 0 radical (unpaired) electrons. The Hall–Kier alpha value is -1.40. The summed E-state index contributed by atoms with van der Waals surface area (Å²) in [5.41, 5.74) is 0. The second-order valence-electron chi connectivity index (χ2n) is 4.82. The van der Waals surface area contributed by atoms with Crippen LogP contribution in [0.4, 0.5) is 11.6 Å². The van der Waals surface area contributed by atoms with Crippen molar-refractivity contribution in [2.45, 2.75) is 39.9 Å². The Labute approximate surface area is 121 Å². The van der Waals surface area contributed by atoms with Crippen LogP contribution in [0, 0.1) is 0 Å². The molecule has 114 valence electrons. The molecule has 0 spiro atoms. The molecule has 0 amide bonds. The number of hydrogen-bond donors (Lipinski definition) is 2. The number of aromatic nitrogens is 2. The summed E-state index contributed by atoms with van der Waals surface area (Å²) >= 11 is 0. The zero-order valence-electron chi connectivity index (χ0n) is 12.9. The fraction of sp³-hybridized carbons (Fsp3) is 0.714. The molecule has 1 aromatic heterocycles. The van der Waals surface area contributed by atoms with Crippen LogP contribution in [0.3, 0.4) is 0 Å². The third-order valence-electron chi connectivity index (χ3n) is 2.68. The topological polar surface area (TPSA) is 70.5 Å². The van der Waals surface area contributed by atoms with E-state index in [4.69, 9.17) is 4.74 Å². The zero-order valence-corrected chi connectivity index (χ0v) is 12.9. The number of ether oxygens (including phenoxy) is 1. The number of nitrogens with zero attached hydrogens (tertiary/aromatic N) is 3. The fourth-order valence-electron chi connectivity index (χ4n) is 1.77. The quantitative estimate of drug-likeness (QED) is 0.717. The van der Waals surface area contributed by atoms with Crippen molar-refractivity contribution in [2.24, 2.45) is 0 Å². The van der Waals surface area contributed by atoms with Gasteiger partial charge in [0.05, 0.1) is 6.10 Å². The Bertz CT molecular complexity index is 373. The number of anilines is 2. The van der Waals surface area contributed by atoms with Crippen molar-refractivity contribution in [3.05, 3.63) is 11.9 Å². The molecular weight excluding hydrogens is 256 g/mol. The van der Waals surface area contributed by atoms with Gasteiger partial charge in [0.1, 0.15) is 18.2 Å². The van der Waals surface area contributed by atoms with Crippen LogP contribution in [0.15, 0.2) is 6.07 Å². The van der Waals surface area contributed by atoms with Gasteiger partial charge in [0.2, 0.25) is 0 Å². The van der Waals surface area contributed by atoms with Gasteiger partial charge in [-0.2, -0.15) is 0 Å². The van der Waals surface area contributed by atoms with E-state index in [-0.39, 0.29) is 0 Å².